The van der Waals surface area contributed by atoms with Crippen molar-refractivity contribution in [2.45, 2.75) is 31.2 Å². The van der Waals surface area contributed by atoms with Crippen LogP contribution in [0.25, 0.3) is 0 Å². The van der Waals surface area contributed by atoms with Crippen molar-refractivity contribution < 1.29 is 22.7 Å². The van der Waals surface area contributed by atoms with Crippen LogP contribution in [0.5, 0.6) is 0 Å². The fourth-order valence-corrected chi connectivity index (χ4v) is 5.02. The van der Waals surface area contributed by atoms with Gasteiger partial charge in [-0.1, -0.05) is 49.7 Å². The molecular formula is C23H25ClN2O5S. The average molecular weight is 477 g/mol. The van der Waals surface area contributed by atoms with Gasteiger partial charge in [-0.2, -0.15) is 0 Å². The highest BCUT2D eigenvalue weighted by Crippen LogP contribution is 2.30. The van der Waals surface area contributed by atoms with Crippen LogP contribution in [0.1, 0.15) is 31.0 Å². The number of benzene rings is 2. The SMILES string of the molecule is COC(=O)C1=C(CS(=O)(=O)c2ccc(CC(C)C)cc2)NC(=O)N[C@@H]1c1ccc(Cl)cc1. The van der Waals surface area contributed by atoms with Crippen molar-refractivity contribution in [2.24, 2.45) is 5.92 Å². The van der Waals surface area contributed by atoms with Crippen molar-refractivity contribution in [1.82, 2.24) is 10.6 Å². The van der Waals surface area contributed by atoms with Crippen LogP contribution in [0.3, 0.4) is 0 Å². The summed E-state index contributed by atoms with van der Waals surface area (Å²) in [5.74, 6) is -0.853. The molecule has 2 aromatic carbocycles. The van der Waals surface area contributed by atoms with Crippen LogP contribution in [-0.4, -0.2) is 33.3 Å². The van der Waals surface area contributed by atoms with Crippen LogP contribution in [0.4, 0.5) is 4.79 Å². The molecule has 32 heavy (non-hydrogen) atoms. The van der Waals surface area contributed by atoms with E-state index in [0.29, 0.717) is 16.5 Å². The van der Waals surface area contributed by atoms with Crippen molar-refractivity contribution in [1.29, 1.82) is 0 Å². The molecule has 2 amide bonds. The highest BCUT2D eigenvalue weighted by Gasteiger charge is 2.35. The summed E-state index contributed by atoms with van der Waals surface area (Å²) in [5, 5.41) is 5.62. The van der Waals surface area contributed by atoms with Gasteiger partial charge in [0.05, 0.1) is 29.4 Å². The first-order valence-electron chi connectivity index (χ1n) is 10.1. The maximum absolute atomic E-state index is 13.1. The lowest BCUT2D eigenvalue weighted by Crippen LogP contribution is -2.47. The lowest BCUT2D eigenvalue weighted by molar-refractivity contribution is -0.136. The van der Waals surface area contributed by atoms with E-state index in [0.717, 1.165) is 12.0 Å². The van der Waals surface area contributed by atoms with Crippen molar-refractivity contribution in [3.05, 3.63) is 76.0 Å². The molecule has 1 aliphatic rings. The third-order valence-corrected chi connectivity index (χ3v) is 6.93. The molecule has 0 spiro atoms. The lowest BCUT2D eigenvalue weighted by Gasteiger charge is -2.29. The van der Waals surface area contributed by atoms with Gasteiger partial charge in [0, 0.05) is 10.7 Å². The van der Waals surface area contributed by atoms with Crippen LogP contribution in [0.15, 0.2) is 64.7 Å². The van der Waals surface area contributed by atoms with Crippen molar-refractivity contribution in [3.8, 4) is 0 Å². The molecule has 0 aromatic heterocycles. The molecule has 0 aliphatic carbocycles. The number of urea groups is 1. The average Bonchev–Trinajstić information content (AvgIpc) is 2.73. The Labute approximate surface area is 192 Å². The quantitative estimate of drug-likeness (QED) is 0.592. The van der Waals surface area contributed by atoms with Crippen LogP contribution >= 0.6 is 11.6 Å². The van der Waals surface area contributed by atoms with Gasteiger partial charge in [0.15, 0.2) is 9.84 Å². The fourth-order valence-electron chi connectivity index (χ4n) is 3.57. The molecule has 1 heterocycles. The summed E-state index contributed by atoms with van der Waals surface area (Å²) < 4.78 is 31.1. The maximum Gasteiger partial charge on any atom is 0.338 e. The number of carbonyl (C=O) groups is 2. The largest absolute Gasteiger partial charge is 0.466 e. The van der Waals surface area contributed by atoms with Gasteiger partial charge in [0.1, 0.15) is 0 Å². The standard InChI is InChI=1S/C23H25ClN2O5S/c1-14(2)12-15-4-10-18(11-5-15)32(29,30)13-19-20(22(27)31-3)21(26-23(28)25-19)16-6-8-17(24)9-7-16/h4-11,14,21H,12-13H2,1-3H3,(H2,25,26,28)/t21-/m1/s1. The number of carbonyl (C=O) groups excluding carboxylic acids is 2. The molecule has 0 bridgehead atoms. The number of halogens is 1. The molecule has 170 valence electrons. The van der Waals surface area contributed by atoms with E-state index < -0.39 is 33.6 Å². The molecule has 2 N–H and O–H groups in total. The Kier molecular flexibility index (Phi) is 7.26. The van der Waals surface area contributed by atoms with Gasteiger partial charge in [-0.15, -0.1) is 0 Å². The Morgan fingerprint density at radius 3 is 2.28 bits per heavy atom. The monoisotopic (exact) mass is 476 g/mol. The Hall–Kier alpha value is -2.84. The number of methoxy groups -OCH3 is 1. The molecular weight excluding hydrogens is 452 g/mol. The fraction of sp³-hybridized carbons (Fsp3) is 0.304. The van der Waals surface area contributed by atoms with Crippen LogP contribution in [0, 0.1) is 5.92 Å². The van der Waals surface area contributed by atoms with Crippen molar-refractivity contribution >= 4 is 33.4 Å². The van der Waals surface area contributed by atoms with Crippen LogP contribution in [-0.2, 0) is 25.8 Å². The second-order valence-electron chi connectivity index (χ2n) is 7.97. The summed E-state index contributed by atoms with van der Waals surface area (Å²) in [6.45, 7) is 4.17. The molecule has 1 aliphatic heterocycles. The molecule has 0 radical (unpaired) electrons. The molecule has 1 atom stereocenters. The topological polar surface area (TPSA) is 102 Å². The first-order valence-corrected chi connectivity index (χ1v) is 12.1. The van der Waals surface area contributed by atoms with Gasteiger partial charge in [-0.25, -0.2) is 18.0 Å². The Bertz CT molecular complexity index is 1140. The van der Waals surface area contributed by atoms with E-state index in [9.17, 15) is 18.0 Å². The van der Waals surface area contributed by atoms with E-state index in [1.165, 1.54) is 7.11 Å². The number of ether oxygens (including phenoxy) is 1. The van der Waals surface area contributed by atoms with E-state index >= 15 is 0 Å². The number of amides is 2. The molecule has 2 aromatic rings. The minimum Gasteiger partial charge on any atom is -0.466 e. The lowest BCUT2D eigenvalue weighted by atomic mass is 9.95. The zero-order valence-electron chi connectivity index (χ0n) is 18.0. The zero-order valence-corrected chi connectivity index (χ0v) is 19.6. The zero-order chi connectivity index (χ0) is 23.5. The summed E-state index contributed by atoms with van der Waals surface area (Å²) in [5.41, 5.74) is 1.60. The third kappa shape index (κ3) is 5.49. The van der Waals surface area contributed by atoms with Gasteiger partial charge in [-0.3, -0.25) is 0 Å². The van der Waals surface area contributed by atoms with Gasteiger partial charge in [0.2, 0.25) is 0 Å². The highest BCUT2D eigenvalue weighted by molar-refractivity contribution is 7.91. The Balaban J connectivity index is 2.00. The van der Waals surface area contributed by atoms with E-state index in [4.69, 9.17) is 16.3 Å². The van der Waals surface area contributed by atoms with Gasteiger partial charge < -0.3 is 15.4 Å². The number of esters is 1. The minimum atomic E-state index is -3.84. The summed E-state index contributed by atoms with van der Waals surface area (Å²) in [6.07, 6.45) is 0.836. The van der Waals surface area contributed by atoms with Crippen LogP contribution in [0.2, 0.25) is 5.02 Å². The van der Waals surface area contributed by atoms with E-state index in [1.807, 2.05) is 0 Å². The molecule has 9 heteroatoms. The molecule has 3 rings (SSSR count). The van der Waals surface area contributed by atoms with Gasteiger partial charge >= 0.3 is 12.0 Å². The predicted octanol–water partition coefficient (Wildman–Crippen LogP) is 3.79. The molecule has 0 saturated carbocycles. The summed E-state index contributed by atoms with van der Waals surface area (Å²) in [6, 6.07) is 11.7. The predicted molar refractivity (Wildman–Crippen MR) is 122 cm³/mol. The maximum atomic E-state index is 13.1. The van der Waals surface area contributed by atoms with Gasteiger partial charge in [-0.05, 0) is 47.7 Å². The van der Waals surface area contributed by atoms with Crippen LogP contribution < -0.4 is 10.6 Å². The summed E-state index contributed by atoms with van der Waals surface area (Å²) >= 11 is 5.95. The van der Waals surface area contributed by atoms with Crippen molar-refractivity contribution in [2.75, 3.05) is 12.9 Å². The van der Waals surface area contributed by atoms with Crippen molar-refractivity contribution in [3.63, 3.8) is 0 Å². The smallest absolute Gasteiger partial charge is 0.338 e. The molecule has 0 fully saturated rings. The molecule has 7 nitrogen and oxygen atoms in total. The summed E-state index contributed by atoms with van der Waals surface area (Å²) in [4.78, 5) is 25.0. The second kappa shape index (κ2) is 9.75. The minimum absolute atomic E-state index is 0.0215. The third-order valence-electron chi connectivity index (χ3n) is 5.02. The molecule has 0 saturated heterocycles. The number of nitrogens with one attached hydrogen (secondary N) is 2. The second-order valence-corrected chi connectivity index (χ2v) is 10.4. The number of sulfone groups is 1. The highest BCUT2D eigenvalue weighted by atomic mass is 35.5. The molecule has 0 unspecified atom stereocenters. The first kappa shape index (κ1) is 23.8. The normalized spacial score (nSPS) is 16.5. The van der Waals surface area contributed by atoms with E-state index in [-0.39, 0.29) is 16.2 Å². The number of hydrogen-bond acceptors (Lipinski definition) is 5. The van der Waals surface area contributed by atoms with E-state index in [2.05, 4.69) is 24.5 Å². The van der Waals surface area contributed by atoms with E-state index in [1.54, 1.807) is 48.5 Å². The number of hydrogen-bond donors (Lipinski definition) is 2. The Morgan fingerprint density at radius 1 is 1.09 bits per heavy atom. The Morgan fingerprint density at radius 2 is 1.72 bits per heavy atom. The number of rotatable bonds is 7. The van der Waals surface area contributed by atoms with Gasteiger partial charge in [0.25, 0.3) is 0 Å². The summed E-state index contributed by atoms with van der Waals surface area (Å²) in [7, 11) is -2.65. The first-order chi connectivity index (χ1) is 15.1.